The summed E-state index contributed by atoms with van der Waals surface area (Å²) < 4.78 is 1.73. The van der Waals surface area contributed by atoms with Gasteiger partial charge in [0.1, 0.15) is 11.5 Å². The summed E-state index contributed by atoms with van der Waals surface area (Å²) in [6.45, 7) is 3.54. The predicted octanol–water partition coefficient (Wildman–Crippen LogP) is 1.64. The first kappa shape index (κ1) is 17.1. The minimum absolute atomic E-state index is 0.0865. The van der Waals surface area contributed by atoms with Crippen LogP contribution in [0.1, 0.15) is 35.1 Å². The molecule has 4 rings (SSSR count). The van der Waals surface area contributed by atoms with Crippen LogP contribution >= 0.6 is 0 Å². The van der Waals surface area contributed by atoms with Gasteiger partial charge in [0.25, 0.3) is 11.5 Å². The lowest BCUT2D eigenvalue weighted by molar-refractivity contribution is 0.0718. The number of nitrogens with zero attached hydrogens (tertiary/aromatic N) is 5. The molecule has 1 amide bonds. The molecule has 3 aromatic rings. The van der Waals surface area contributed by atoms with Crippen LogP contribution in [0.2, 0.25) is 0 Å². The number of carbonyl (C=O) groups excluding carboxylic acids is 1. The van der Waals surface area contributed by atoms with Crippen LogP contribution in [0.3, 0.4) is 0 Å². The molecule has 0 fully saturated rings. The Kier molecular flexibility index (Phi) is 4.53. The summed E-state index contributed by atoms with van der Waals surface area (Å²) in [6.07, 6.45) is 6.35. The Labute approximate surface area is 155 Å². The lowest BCUT2D eigenvalue weighted by Crippen LogP contribution is -2.40. The number of aryl methyl sites for hydroxylation is 1. The van der Waals surface area contributed by atoms with Gasteiger partial charge in [-0.05, 0) is 31.0 Å². The topological polar surface area (TPSA) is 96.8 Å². The highest BCUT2D eigenvalue weighted by atomic mass is 16.2. The van der Waals surface area contributed by atoms with Crippen LogP contribution in [0.4, 0.5) is 0 Å². The van der Waals surface area contributed by atoms with E-state index >= 15 is 0 Å². The maximum Gasteiger partial charge on any atom is 0.272 e. The number of pyridine rings is 1. The van der Waals surface area contributed by atoms with Gasteiger partial charge >= 0.3 is 0 Å². The van der Waals surface area contributed by atoms with Gasteiger partial charge in [-0.25, -0.2) is 4.98 Å². The van der Waals surface area contributed by atoms with Crippen LogP contribution in [0.5, 0.6) is 0 Å². The van der Waals surface area contributed by atoms with E-state index < -0.39 is 0 Å². The molecule has 0 saturated carbocycles. The van der Waals surface area contributed by atoms with Gasteiger partial charge in [-0.2, -0.15) is 5.10 Å². The molecule has 0 atom stereocenters. The van der Waals surface area contributed by atoms with Crippen molar-refractivity contribution in [3.63, 3.8) is 0 Å². The number of amides is 1. The molecular weight excluding hydrogens is 344 g/mol. The Morgan fingerprint density at radius 2 is 2.19 bits per heavy atom. The van der Waals surface area contributed by atoms with E-state index in [2.05, 4.69) is 20.1 Å². The van der Waals surface area contributed by atoms with Crippen molar-refractivity contribution in [3.8, 4) is 11.4 Å². The van der Waals surface area contributed by atoms with E-state index in [4.69, 9.17) is 0 Å². The molecule has 1 N–H and O–H groups in total. The molecule has 0 saturated heterocycles. The summed E-state index contributed by atoms with van der Waals surface area (Å²) in [4.78, 5) is 38.6. The largest absolute Gasteiger partial charge is 0.331 e. The molecule has 8 nitrogen and oxygen atoms in total. The minimum Gasteiger partial charge on any atom is -0.331 e. The molecule has 0 spiro atoms. The zero-order valence-corrected chi connectivity index (χ0v) is 15.1. The van der Waals surface area contributed by atoms with Gasteiger partial charge in [-0.3, -0.25) is 19.3 Å². The summed E-state index contributed by atoms with van der Waals surface area (Å²) >= 11 is 0. The van der Waals surface area contributed by atoms with E-state index in [9.17, 15) is 9.59 Å². The molecule has 8 heteroatoms. The zero-order chi connectivity index (χ0) is 18.8. The Morgan fingerprint density at radius 3 is 2.96 bits per heavy atom. The van der Waals surface area contributed by atoms with Gasteiger partial charge in [0, 0.05) is 42.8 Å². The third-order valence-corrected chi connectivity index (χ3v) is 4.67. The highest BCUT2D eigenvalue weighted by molar-refractivity contribution is 5.92. The summed E-state index contributed by atoms with van der Waals surface area (Å²) in [7, 11) is 0. The highest BCUT2D eigenvalue weighted by Gasteiger charge is 2.27. The summed E-state index contributed by atoms with van der Waals surface area (Å²) in [5.41, 5.74) is 2.44. The number of fused-ring (bicyclic) bond motifs is 1. The van der Waals surface area contributed by atoms with Crippen molar-refractivity contribution in [2.24, 2.45) is 0 Å². The molecule has 3 aromatic heterocycles. The number of hydrogen-bond acceptors (Lipinski definition) is 5. The monoisotopic (exact) mass is 364 g/mol. The maximum absolute atomic E-state index is 12.9. The molecule has 0 aromatic carbocycles. The van der Waals surface area contributed by atoms with Crippen molar-refractivity contribution in [2.75, 3.05) is 6.54 Å². The van der Waals surface area contributed by atoms with E-state index in [-0.39, 0.29) is 11.5 Å². The van der Waals surface area contributed by atoms with Gasteiger partial charge in [-0.15, -0.1) is 0 Å². The normalized spacial score (nSPS) is 13.4. The van der Waals surface area contributed by atoms with Gasteiger partial charge in [-0.1, -0.05) is 6.92 Å². The number of nitrogens with one attached hydrogen (secondary N) is 1. The molecule has 0 aliphatic carbocycles. The van der Waals surface area contributed by atoms with Crippen molar-refractivity contribution < 1.29 is 4.79 Å². The van der Waals surface area contributed by atoms with Gasteiger partial charge in [0.2, 0.25) is 0 Å². The van der Waals surface area contributed by atoms with Gasteiger partial charge in [0.15, 0.2) is 0 Å². The second-order valence-electron chi connectivity index (χ2n) is 6.50. The number of aromatic amines is 1. The van der Waals surface area contributed by atoms with Crippen molar-refractivity contribution in [1.82, 2.24) is 29.6 Å². The fourth-order valence-corrected chi connectivity index (χ4v) is 3.32. The van der Waals surface area contributed by atoms with E-state index in [1.165, 1.54) is 0 Å². The first-order chi connectivity index (χ1) is 13.2. The number of hydrogen-bond donors (Lipinski definition) is 1. The van der Waals surface area contributed by atoms with E-state index in [0.717, 1.165) is 12.0 Å². The number of H-pyrrole nitrogens is 1. The number of carbonyl (C=O) groups is 1. The quantitative estimate of drug-likeness (QED) is 0.759. The molecule has 4 heterocycles. The average molecular weight is 364 g/mol. The van der Waals surface area contributed by atoms with Crippen molar-refractivity contribution in [3.05, 3.63) is 64.1 Å². The molecule has 0 bridgehead atoms. The summed E-state index contributed by atoms with van der Waals surface area (Å²) in [6, 6.07) is 5.37. The Bertz CT molecular complexity index is 1020. The molecule has 0 unspecified atom stereocenters. The van der Waals surface area contributed by atoms with Crippen LogP contribution in [0, 0.1) is 0 Å². The van der Waals surface area contributed by atoms with Gasteiger partial charge < -0.3 is 9.88 Å². The standard InChI is InChI=1S/C19H20N6O2/c1-2-9-25-16(5-8-21-25)19(27)24-10-6-14-15(12-24)22-17(23-18(14)26)13-4-3-7-20-11-13/h3-5,7-8,11H,2,6,9-10,12H2,1H3,(H,22,23,26). The van der Waals surface area contributed by atoms with Crippen molar-refractivity contribution in [2.45, 2.75) is 32.9 Å². The molecule has 1 aliphatic rings. The van der Waals surface area contributed by atoms with Gasteiger partial charge in [0.05, 0.1) is 12.2 Å². The number of aromatic nitrogens is 5. The smallest absolute Gasteiger partial charge is 0.272 e. The zero-order valence-electron chi connectivity index (χ0n) is 15.1. The van der Waals surface area contributed by atoms with Crippen LogP contribution in [0.25, 0.3) is 11.4 Å². The van der Waals surface area contributed by atoms with E-state index in [0.29, 0.717) is 48.8 Å². The molecule has 0 radical (unpaired) electrons. The third-order valence-electron chi connectivity index (χ3n) is 4.67. The fraction of sp³-hybridized carbons (Fsp3) is 0.316. The predicted molar refractivity (Wildman–Crippen MR) is 99.1 cm³/mol. The van der Waals surface area contributed by atoms with Crippen LogP contribution < -0.4 is 5.56 Å². The van der Waals surface area contributed by atoms with E-state index in [1.807, 2.05) is 13.0 Å². The molecular formula is C19H20N6O2. The lowest BCUT2D eigenvalue weighted by atomic mass is 10.1. The summed E-state index contributed by atoms with van der Waals surface area (Å²) in [5.74, 6) is 0.383. The number of rotatable bonds is 4. The average Bonchev–Trinajstić information content (AvgIpc) is 3.16. The van der Waals surface area contributed by atoms with E-state index in [1.54, 1.807) is 40.3 Å². The first-order valence-electron chi connectivity index (χ1n) is 9.01. The minimum atomic E-state index is -0.151. The highest BCUT2D eigenvalue weighted by Crippen LogP contribution is 2.19. The lowest BCUT2D eigenvalue weighted by Gasteiger charge is -2.28. The van der Waals surface area contributed by atoms with Crippen molar-refractivity contribution >= 4 is 5.91 Å². The molecule has 138 valence electrons. The molecule has 1 aliphatic heterocycles. The summed E-state index contributed by atoms with van der Waals surface area (Å²) in [5, 5.41) is 4.23. The Morgan fingerprint density at radius 1 is 1.30 bits per heavy atom. The first-order valence-corrected chi connectivity index (χ1v) is 9.01. The second-order valence-corrected chi connectivity index (χ2v) is 6.50. The van der Waals surface area contributed by atoms with Crippen LogP contribution in [0.15, 0.2) is 41.6 Å². The van der Waals surface area contributed by atoms with Crippen LogP contribution in [-0.4, -0.2) is 42.1 Å². The Hall–Kier alpha value is -3.29. The van der Waals surface area contributed by atoms with Crippen LogP contribution in [-0.2, 0) is 19.5 Å². The maximum atomic E-state index is 12.9. The fourth-order valence-electron chi connectivity index (χ4n) is 3.32. The SMILES string of the molecule is CCCn1nccc1C(=O)N1CCc2c(nc(-c3cccnc3)[nH]c2=O)C1. The molecule has 27 heavy (non-hydrogen) atoms. The van der Waals surface area contributed by atoms with Crippen molar-refractivity contribution in [1.29, 1.82) is 0 Å². The third kappa shape index (κ3) is 3.25. The second kappa shape index (κ2) is 7.14. The Balaban J connectivity index is 1.64.